The first-order valence-corrected chi connectivity index (χ1v) is 9.40. The molecule has 7 heteroatoms. The van der Waals surface area contributed by atoms with E-state index >= 15 is 0 Å². The molecule has 4 aromatic rings. The number of aromatic nitrogens is 3. The number of carbonyl (C=O) groups is 1. The van der Waals surface area contributed by atoms with Gasteiger partial charge in [-0.05, 0) is 48.9 Å². The van der Waals surface area contributed by atoms with Crippen LogP contribution in [0.5, 0.6) is 0 Å². The molecule has 0 saturated heterocycles. The zero-order valence-corrected chi connectivity index (χ0v) is 16.9. The number of aryl methyl sites for hydroxylation is 1. The van der Waals surface area contributed by atoms with E-state index in [0.29, 0.717) is 22.5 Å². The monoisotopic (exact) mass is 396 g/mol. The van der Waals surface area contributed by atoms with Gasteiger partial charge >= 0.3 is 0 Å². The number of nitriles is 1. The highest BCUT2D eigenvalue weighted by molar-refractivity contribution is 6.05. The molecular weight excluding hydrogens is 376 g/mol. The van der Waals surface area contributed by atoms with Crippen LogP contribution in [0.1, 0.15) is 21.6 Å². The maximum absolute atomic E-state index is 12.7. The Morgan fingerprint density at radius 3 is 2.73 bits per heavy atom. The summed E-state index contributed by atoms with van der Waals surface area (Å²) in [7, 11) is 3.99. The summed E-state index contributed by atoms with van der Waals surface area (Å²) in [6, 6.07) is 17.4. The minimum absolute atomic E-state index is 0.292. The van der Waals surface area contributed by atoms with Crippen LogP contribution in [0, 0.1) is 18.3 Å². The first-order chi connectivity index (χ1) is 14.5. The lowest BCUT2D eigenvalue weighted by Gasteiger charge is -2.13. The first-order valence-electron chi connectivity index (χ1n) is 9.40. The van der Waals surface area contributed by atoms with Crippen LogP contribution < -0.4 is 10.2 Å². The highest BCUT2D eigenvalue weighted by atomic mass is 16.1. The Labute approximate surface area is 174 Å². The van der Waals surface area contributed by atoms with Crippen LogP contribution in [0.4, 0.5) is 11.4 Å². The second-order valence-electron chi connectivity index (χ2n) is 7.23. The summed E-state index contributed by atoms with van der Waals surface area (Å²) in [4.78, 5) is 18.9. The number of hydrogen-bond acceptors (Lipinski definition) is 5. The number of H-pyrrole nitrogens is 1. The highest BCUT2D eigenvalue weighted by Gasteiger charge is 2.14. The second kappa shape index (κ2) is 7.68. The Bertz CT molecular complexity index is 1300. The number of pyridine rings is 1. The summed E-state index contributed by atoms with van der Waals surface area (Å²) in [5, 5.41) is 20.3. The van der Waals surface area contributed by atoms with Gasteiger partial charge in [-0.15, -0.1) is 0 Å². The summed E-state index contributed by atoms with van der Waals surface area (Å²) >= 11 is 0. The van der Waals surface area contributed by atoms with E-state index in [2.05, 4.69) is 26.6 Å². The van der Waals surface area contributed by atoms with Crippen LogP contribution >= 0.6 is 0 Å². The summed E-state index contributed by atoms with van der Waals surface area (Å²) in [6.45, 7) is 1.76. The van der Waals surface area contributed by atoms with Crippen LogP contribution in [-0.4, -0.2) is 35.2 Å². The number of carbonyl (C=O) groups excluding carboxylic acids is 1. The molecule has 0 atom stereocenters. The molecule has 7 nitrogen and oxygen atoms in total. The van der Waals surface area contributed by atoms with Gasteiger partial charge in [-0.2, -0.15) is 10.4 Å². The minimum atomic E-state index is -0.323. The number of anilines is 2. The molecule has 0 radical (unpaired) electrons. The Morgan fingerprint density at radius 1 is 1.17 bits per heavy atom. The molecule has 0 unspecified atom stereocenters. The largest absolute Gasteiger partial charge is 0.378 e. The quantitative estimate of drug-likeness (QED) is 0.541. The van der Waals surface area contributed by atoms with Crippen molar-refractivity contribution in [1.82, 2.24) is 15.2 Å². The fraction of sp³-hybridized carbons (Fsp3) is 0.130. The van der Waals surface area contributed by atoms with Gasteiger partial charge in [0.25, 0.3) is 5.91 Å². The third kappa shape index (κ3) is 3.59. The van der Waals surface area contributed by atoms with Crippen LogP contribution in [0.3, 0.4) is 0 Å². The normalized spacial score (nSPS) is 10.6. The van der Waals surface area contributed by atoms with Crippen molar-refractivity contribution in [3.8, 4) is 17.3 Å². The fourth-order valence-corrected chi connectivity index (χ4v) is 3.31. The van der Waals surface area contributed by atoms with Gasteiger partial charge in [-0.25, -0.2) is 4.98 Å². The summed E-state index contributed by atoms with van der Waals surface area (Å²) in [6.07, 6.45) is 1.40. The van der Waals surface area contributed by atoms with Gasteiger partial charge in [0.15, 0.2) is 0 Å². The van der Waals surface area contributed by atoms with Gasteiger partial charge in [0.05, 0.1) is 11.1 Å². The number of fused-ring (bicyclic) bond motifs is 1. The standard InChI is InChI=1S/C23H20N6O/c1-14-9-15(12-24)13-25-21(14)23(30)26-17-7-8-20-19(11-17)22(28-27-20)16-5-4-6-18(10-16)29(2)3/h4-11,13H,1-3H3,(H,26,30)(H,27,28). The predicted molar refractivity (Wildman–Crippen MR) is 117 cm³/mol. The van der Waals surface area contributed by atoms with E-state index in [1.807, 2.05) is 61.5 Å². The molecule has 0 aliphatic rings. The van der Waals surface area contributed by atoms with Crippen LogP contribution in [-0.2, 0) is 0 Å². The third-order valence-electron chi connectivity index (χ3n) is 4.88. The maximum Gasteiger partial charge on any atom is 0.274 e. The average Bonchev–Trinajstić information content (AvgIpc) is 3.16. The topological polar surface area (TPSA) is 97.7 Å². The van der Waals surface area contributed by atoms with Gasteiger partial charge in [-0.3, -0.25) is 9.89 Å². The van der Waals surface area contributed by atoms with Gasteiger partial charge in [-0.1, -0.05) is 12.1 Å². The van der Waals surface area contributed by atoms with Gasteiger partial charge < -0.3 is 10.2 Å². The molecule has 0 saturated carbocycles. The van der Waals surface area contributed by atoms with Crippen LogP contribution in [0.15, 0.2) is 54.7 Å². The number of amides is 1. The predicted octanol–water partition coefficient (Wildman–Crippen LogP) is 4.12. The molecule has 0 aliphatic heterocycles. The van der Waals surface area contributed by atoms with Crippen molar-refractivity contribution in [2.24, 2.45) is 0 Å². The van der Waals surface area contributed by atoms with Crippen molar-refractivity contribution >= 4 is 28.2 Å². The van der Waals surface area contributed by atoms with Crippen molar-refractivity contribution in [3.05, 3.63) is 71.5 Å². The number of nitrogens with zero attached hydrogens (tertiary/aromatic N) is 4. The van der Waals surface area contributed by atoms with E-state index in [4.69, 9.17) is 5.26 Å². The van der Waals surface area contributed by atoms with Crippen molar-refractivity contribution in [2.45, 2.75) is 6.92 Å². The highest BCUT2D eigenvalue weighted by Crippen LogP contribution is 2.30. The van der Waals surface area contributed by atoms with E-state index in [1.54, 1.807) is 13.0 Å². The lowest BCUT2D eigenvalue weighted by molar-refractivity contribution is 0.102. The molecule has 4 rings (SSSR count). The zero-order chi connectivity index (χ0) is 21.3. The third-order valence-corrected chi connectivity index (χ3v) is 4.88. The molecular formula is C23H20N6O. The van der Waals surface area contributed by atoms with Crippen molar-refractivity contribution in [3.63, 3.8) is 0 Å². The zero-order valence-electron chi connectivity index (χ0n) is 16.9. The van der Waals surface area contributed by atoms with Crippen LogP contribution in [0.25, 0.3) is 22.2 Å². The Morgan fingerprint density at radius 2 is 2.00 bits per heavy atom. The van der Waals surface area contributed by atoms with Crippen molar-refractivity contribution < 1.29 is 4.79 Å². The minimum Gasteiger partial charge on any atom is -0.378 e. The molecule has 1 amide bonds. The SMILES string of the molecule is Cc1cc(C#N)cnc1C(=O)Nc1ccc2[nH]nc(-c3cccc(N(C)C)c3)c2c1. The van der Waals surface area contributed by atoms with E-state index in [1.165, 1.54) is 6.20 Å². The van der Waals surface area contributed by atoms with Crippen LogP contribution in [0.2, 0.25) is 0 Å². The number of hydrogen-bond donors (Lipinski definition) is 2. The smallest absolute Gasteiger partial charge is 0.274 e. The molecule has 0 spiro atoms. The molecule has 0 aliphatic carbocycles. The fourth-order valence-electron chi connectivity index (χ4n) is 3.31. The maximum atomic E-state index is 12.7. The lowest BCUT2D eigenvalue weighted by Crippen LogP contribution is -2.15. The van der Waals surface area contributed by atoms with Gasteiger partial charge in [0.2, 0.25) is 0 Å². The van der Waals surface area contributed by atoms with Crippen molar-refractivity contribution in [2.75, 3.05) is 24.3 Å². The first kappa shape index (κ1) is 19.2. The Kier molecular flexibility index (Phi) is 4.90. The average molecular weight is 396 g/mol. The van der Waals surface area contributed by atoms with Gasteiger partial charge in [0.1, 0.15) is 17.5 Å². The molecule has 2 aromatic heterocycles. The Balaban J connectivity index is 1.67. The van der Waals surface area contributed by atoms with Gasteiger partial charge in [0, 0.05) is 42.6 Å². The van der Waals surface area contributed by atoms with E-state index in [-0.39, 0.29) is 5.91 Å². The molecule has 2 N–H and O–H groups in total. The molecule has 2 heterocycles. The molecule has 0 bridgehead atoms. The Hall–Kier alpha value is -4.18. The summed E-state index contributed by atoms with van der Waals surface area (Å²) in [5.41, 5.74) is 5.77. The summed E-state index contributed by atoms with van der Waals surface area (Å²) < 4.78 is 0. The lowest BCUT2D eigenvalue weighted by atomic mass is 10.1. The number of rotatable bonds is 4. The second-order valence-corrected chi connectivity index (χ2v) is 7.23. The van der Waals surface area contributed by atoms with E-state index < -0.39 is 0 Å². The number of nitrogens with one attached hydrogen (secondary N) is 2. The molecule has 2 aromatic carbocycles. The van der Waals surface area contributed by atoms with E-state index in [0.717, 1.165) is 27.8 Å². The van der Waals surface area contributed by atoms with E-state index in [9.17, 15) is 4.79 Å². The molecule has 148 valence electrons. The molecule has 0 fully saturated rings. The number of aromatic amines is 1. The summed E-state index contributed by atoms with van der Waals surface area (Å²) in [5.74, 6) is -0.323. The van der Waals surface area contributed by atoms with Crippen molar-refractivity contribution in [1.29, 1.82) is 5.26 Å². The number of benzene rings is 2. The molecule has 30 heavy (non-hydrogen) atoms.